The molecular formula is C14H30N4O2S. The predicted octanol–water partition coefficient (Wildman–Crippen LogP) is 0.189. The maximum absolute atomic E-state index is 12.6. The van der Waals surface area contributed by atoms with Crippen molar-refractivity contribution in [2.75, 3.05) is 52.9 Å². The van der Waals surface area contributed by atoms with Gasteiger partial charge < -0.3 is 10.2 Å². The van der Waals surface area contributed by atoms with Crippen LogP contribution in [0, 0.1) is 5.92 Å². The molecule has 7 heteroatoms. The molecule has 2 rings (SSSR count). The number of nitrogens with zero attached hydrogens (tertiary/aromatic N) is 3. The summed E-state index contributed by atoms with van der Waals surface area (Å²) in [5.41, 5.74) is 0. The molecule has 0 aromatic rings. The van der Waals surface area contributed by atoms with Gasteiger partial charge in [0.05, 0.1) is 0 Å². The Bertz CT molecular complexity index is 413. The lowest BCUT2D eigenvalue weighted by Gasteiger charge is -2.37. The van der Waals surface area contributed by atoms with Gasteiger partial charge in [-0.05, 0) is 39.7 Å². The lowest BCUT2D eigenvalue weighted by atomic mass is 9.97. The molecule has 0 aromatic carbocycles. The van der Waals surface area contributed by atoms with Gasteiger partial charge in [-0.25, -0.2) is 0 Å². The van der Waals surface area contributed by atoms with Gasteiger partial charge in [0.15, 0.2) is 0 Å². The van der Waals surface area contributed by atoms with Crippen LogP contribution in [0.2, 0.25) is 0 Å². The summed E-state index contributed by atoms with van der Waals surface area (Å²) in [4.78, 5) is 2.35. The molecule has 124 valence electrons. The van der Waals surface area contributed by atoms with Crippen LogP contribution in [0.1, 0.15) is 26.7 Å². The zero-order valence-corrected chi connectivity index (χ0v) is 14.4. The van der Waals surface area contributed by atoms with Crippen LogP contribution in [0.5, 0.6) is 0 Å². The fraction of sp³-hybridized carbons (Fsp3) is 1.00. The minimum absolute atomic E-state index is 0.549. The first kappa shape index (κ1) is 17.1. The van der Waals surface area contributed by atoms with Crippen molar-refractivity contribution < 1.29 is 8.42 Å². The highest BCUT2D eigenvalue weighted by atomic mass is 32.2. The van der Waals surface area contributed by atoms with Crippen molar-refractivity contribution in [3.63, 3.8) is 0 Å². The van der Waals surface area contributed by atoms with E-state index < -0.39 is 10.2 Å². The molecule has 0 aromatic heterocycles. The molecule has 0 spiro atoms. The van der Waals surface area contributed by atoms with Gasteiger partial charge in [0.2, 0.25) is 0 Å². The average molecular weight is 318 g/mol. The van der Waals surface area contributed by atoms with Gasteiger partial charge >= 0.3 is 0 Å². The average Bonchev–Trinajstić information content (AvgIpc) is 2.48. The van der Waals surface area contributed by atoms with E-state index in [2.05, 4.69) is 31.1 Å². The van der Waals surface area contributed by atoms with Crippen LogP contribution in [-0.2, 0) is 10.2 Å². The summed E-state index contributed by atoms with van der Waals surface area (Å²) in [6.45, 7) is 9.51. The van der Waals surface area contributed by atoms with Gasteiger partial charge in [0, 0.05) is 51.9 Å². The van der Waals surface area contributed by atoms with Crippen LogP contribution in [0.15, 0.2) is 0 Å². The predicted molar refractivity (Wildman–Crippen MR) is 85.4 cm³/mol. The van der Waals surface area contributed by atoms with E-state index in [9.17, 15) is 8.42 Å². The van der Waals surface area contributed by atoms with Crippen molar-refractivity contribution in [3.8, 4) is 0 Å². The minimum atomic E-state index is -3.24. The molecule has 1 N–H and O–H groups in total. The van der Waals surface area contributed by atoms with Crippen LogP contribution in [0.3, 0.4) is 0 Å². The second-order valence-electron chi connectivity index (χ2n) is 6.53. The lowest BCUT2D eigenvalue weighted by molar-refractivity contribution is 0.177. The molecule has 0 unspecified atom stereocenters. The third-order valence-corrected chi connectivity index (χ3v) is 6.77. The number of hydrogen-bond acceptors (Lipinski definition) is 4. The minimum Gasteiger partial charge on any atom is -0.314 e. The molecule has 2 heterocycles. The van der Waals surface area contributed by atoms with Crippen molar-refractivity contribution in [1.29, 1.82) is 0 Å². The van der Waals surface area contributed by atoms with E-state index in [1.807, 2.05) is 0 Å². The fourth-order valence-electron chi connectivity index (χ4n) is 2.98. The monoisotopic (exact) mass is 318 g/mol. The fourth-order valence-corrected chi connectivity index (χ4v) is 4.62. The molecule has 0 bridgehead atoms. The van der Waals surface area contributed by atoms with Gasteiger partial charge in [-0.2, -0.15) is 17.0 Å². The second-order valence-corrected chi connectivity index (χ2v) is 8.46. The van der Waals surface area contributed by atoms with Crippen LogP contribution in [-0.4, -0.2) is 80.8 Å². The van der Waals surface area contributed by atoms with Crippen LogP contribution in [0.25, 0.3) is 0 Å². The highest BCUT2D eigenvalue weighted by Gasteiger charge is 2.33. The molecule has 2 aliphatic heterocycles. The molecule has 0 atom stereocenters. The topological polar surface area (TPSA) is 55.9 Å². The van der Waals surface area contributed by atoms with E-state index in [4.69, 9.17) is 0 Å². The van der Waals surface area contributed by atoms with E-state index >= 15 is 0 Å². The zero-order valence-electron chi connectivity index (χ0n) is 13.6. The van der Waals surface area contributed by atoms with E-state index in [1.54, 1.807) is 8.61 Å². The second kappa shape index (κ2) is 7.37. The van der Waals surface area contributed by atoms with Gasteiger partial charge in [-0.1, -0.05) is 0 Å². The summed E-state index contributed by atoms with van der Waals surface area (Å²) in [7, 11) is -1.09. The summed E-state index contributed by atoms with van der Waals surface area (Å²) in [6.07, 6.45) is 1.95. The first-order valence-electron chi connectivity index (χ1n) is 8.07. The number of piperazine rings is 1. The Balaban J connectivity index is 1.85. The molecule has 0 radical (unpaired) electrons. The van der Waals surface area contributed by atoms with E-state index in [-0.39, 0.29) is 0 Å². The Hall–Kier alpha value is -0.210. The van der Waals surface area contributed by atoms with Crippen molar-refractivity contribution in [2.24, 2.45) is 5.92 Å². The van der Waals surface area contributed by atoms with Crippen molar-refractivity contribution in [3.05, 3.63) is 0 Å². The summed E-state index contributed by atoms with van der Waals surface area (Å²) >= 11 is 0. The van der Waals surface area contributed by atoms with Crippen molar-refractivity contribution >= 4 is 10.2 Å². The Morgan fingerprint density at radius 1 is 1.10 bits per heavy atom. The summed E-state index contributed by atoms with van der Waals surface area (Å²) < 4.78 is 28.5. The van der Waals surface area contributed by atoms with Crippen LogP contribution < -0.4 is 5.32 Å². The molecule has 2 fully saturated rings. The molecule has 6 nitrogen and oxygen atoms in total. The normalized spacial score (nSPS) is 24.0. The molecule has 2 aliphatic rings. The number of piperidine rings is 1. The van der Waals surface area contributed by atoms with Gasteiger partial charge in [0.25, 0.3) is 10.2 Å². The summed E-state index contributed by atoms with van der Waals surface area (Å²) in [5, 5.41) is 3.20. The van der Waals surface area contributed by atoms with Crippen molar-refractivity contribution in [1.82, 2.24) is 18.8 Å². The van der Waals surface area contributed by atoms with E-state index in [0.29, 0.717) is 38.1 Å². The number of hydrogen-bond donors (Lipinski definition) is 1. The molecular weight excluding hydrogens is 288 g/mol. The first-order valence-corrected chi connectivity index (χ1v) is 9.47. The first-order chi connectivity index (χ1) is 9.91. The number of nitrogens with one attached hydrogen (secondary N) is 1. The van der Waals surface area contributed by atoms with Crippen LogP contribution >= 0.6 is 0 Å². The van der Waals surface area contributed by atoms with Gasteiger partial charge in [-0.15, -0.1) is 0 Å². The molecule has 21 heavy (non-hydrogen) atoms. The summed E-state index contributed by atoms with van der Waals surface area (Å²) in [5.74, 6) is 0.617. The zero-order chi connectivity index (χ0) is 15.5. The van der Waals surface area contributed by atoms with Crippen LogP contribution in [0.4, 0.5) is 0 Å². The highest BCUT2D eigenvalue weighted by molar-refractivity contribution is 7.86. The van der Waals surface area contributed by atoms with Crippen molar-refractivity contribution in [2.45, 2.75) is 32.7 Å². The molecule has 0 saturated carbocycles. The maximum Gasteiger partial charge on any atom is 0.282 e. The molecule has 2 saturated heterocycles. The van der Waals surface area contributed by atoms with Gasteiger partial charge in [-0.3, -0.25) is 0 Å². The molecule has 0 amide bonds. The van der Waals surface area contributed by atoms with E-state index in [1.165, 1.54) is 0 Å². The SMILES string of the molecule is CC(C)N(C)CC1CCN(S(=O)(=O)N2CCNCC2)CC1. The summed E-state index contributed by atoms with van der Waals surface area (Å²) in [6, 6.07) is 0.549. The van der Waals surface area contributed by atoms with E-state index in [0.717, 1.165) is 32.5 Å². The Kier molecular flexibility index (Phi) is 6.02. The Morgan fingerprint density at radius 3 is 2.14 bits per heavy atom. The Labute approximate surface area is 129 Å². The third kappa shape index (κ3) is 4.39. The largest absolute Gasteiger partial charge is 0.314 e. The molecule has 0 aliphatic carbocycles. The lowest BCUT2D eigenvalue weighted by Crippen LogP contribution is -2.53. The van der Waals surface area contributed by atoms with Gasteiger partial charge in [0.1, 0.15) is 0 Å². The standard InChI is InChI=1S/C14H30N4O2S/c1-13(2)16(3)12-14-4-8-17(9-5-14)21(19,20)18-10-6-15-7-11-18/h13-15H,4-12H2,1-3H3. The Morgan fingerprint density at radius 2 is 1.62 bits per heavy atom. The highest BCUT2D eigenvalue weighted by Crippen LogP contribution is 2.22. The quantitative estimate of drug-likeness (QED) is 0.786. The smallest absolute Gasteiger partial charge is 0.282 e. The third-order valence-electron chi connectivity index (χ3n) is 4.73. The number of rotatable bonds is 5. The maximum atomic E-state index is 12.6.